The normalized spacial score (nSPS) is 13.4. The van der Waals surface area contributed by atoms with E-state index in [0.29, 0.717) is 17.4 Å². The van der Waals surface area contributed by atoms with Crippen LogP contribution >= 0.6 is 7.82 Å². The van der Waals surface area contributed by atoms with Gasteiger partial charge in [0.25, 0.3) is 0 Å². The van der Waals surface area contributed by atoms with Gasteiger partial charge in [0.2, 0.25) is 0 Å². The molecule has 0 radical (unpaired) electrons. The first-order valence-corrected chi connectivity index (χ1v) is 26.3. The lowest BCUT2D eigenvalue weighted by atomic mass is 10.0. The minimum absolute atomic E-state index is 0.0368. The summed E-state index contributed by atoms with van der Waals surface area (Å²) in [6.45, 7) is 4.45. The van der Waals surface area contributed by atoms with Gasteiger partial charge in [0.15, 0.2) is 6.10 Å². The fourth-order valence-corrected chi connectivity index (χ4v) is 7.99. The Kier molecular flexibility index (Phi) is 40.7. The number of phosphoric ester groups is 1. The van der Waals surface area contributed by atoms with Crippen LogP contribution in [-0.4, -0.2) is 74.9 Å². The van der Waals surface area contributed by atoms with E-state index in [2.05, 4.69) is 13.8 Å². The van der Waals surface area contributed by atoms with E-state index in [1.807, 2.05) is 21.1 Å². The van der Waals surface area contributed by atoms with Crippen molar-refractivity contribution in [3.63, 3.8) is 0 Å². The van der Waals surface area contributed by atoms with Crippen LogP contribution in [0.4, 0.5) is 0 Å². The highest BCUT2D eigenvalue weighted by Gasteiger charge is 2.27. The molecule has 0 rings (SSSR count). The molecule has 0 fully saturated rings. The van der Waals surface area contributed by atoms with Crippen LogP contribution in [0.5, 0.6) is 0 Å². The molecule has 10 heteroatoms. The van der Waals surface area contributed by atoms with Gasteiger partial charge >= 0.3 is 19.8 Å². The Morgan fingerprint density at radius 1 is 0.466 bits per heavy atom. The van der Waals surface area contributed by atoms with Crippen molar-refractivity contribution in [3.05, 3.63) is 0 Å². The number of carbonyl (C=O) groups excluding carboxylic acids is 2. The van der Waals surface area contributed by atoms with Gasteiger partial charge in [-0.3, -0.25) is 18.6 Å². The number of unbranched alkanes of at least 4 members (excludes halogenated alkanes) is 32. The maximum Gasteiger partial charge on any atom is 0.472 e. The van der Waals surface area contributed by atoms with Crippen molar-refractivity contribution in [1.29, 1.82) is 0 Å². The molecule has 9 nitrogen and oxygen atoms in total. The largest absolute Gasteiger partial charge is 0.472 e. The molecule has 2 atom stereocenters. The molecular formula is C48H97NO8P+. The average Bonchev–Trinajstić information content (AvgIpc) is 3.17. The summed E-state index contributed by atoms with van der Waals surface area (Å²) in [4.78, 5) is 35.3. The number of hydrogen-bond donors (Lipinski definition) is 1. The molecule has 0 aromatic rings. The molecule has 0 saturated heterocycles. The average molecular weight is 847 g/mol. The number of likely N-dealkylation sites (N-methyl/N-ethyl adjacent to an activating group) is 1. The van der Waals surface area contributed by atoms with E-state index in [4.69, 9.17) is 18.5 Å². The predicted molar refractivity (Wildman–Crippen MR) is 243 cm³/mol. The summed E-state index contributed by atoms with van der Waals surface area (Å²) in [5.41, 5.74) is 0. The summed E-state index contributed by atoms with van der Waals surface area (Å²) < 4.78 is 34.3. The van der Waals surface area contributed by atoms with Gasteiger partial charge in [-0.25, -0.2) is 4.57 Å². The van der Waals surface area contributed by atoms with Crippen molar-refractivity contribution in [2.24, 2.45) is 0 Å². The summed E-state index contributed by atoms with van der Waals surface area (Å²) in [5, 5.41) is 0. The number of hydrogen-bond acceptors (Lipinski definition) is 7. The second kappa shape index (κ2) is 41.4. The monoisotopic (exact) mass is 847 g/mol. The first-order chi connectivity index (χ1) is 28.0. The summed E-state index contributed by atoms with van der Waals surface area (Å²) >= 11 is 0. The van der Waals surface area contributed by atoms with E-state index in [-0.39, 0.29) is 25.6 Å². The summed E-state index contributed by atoms with van der Waals surface area (Å²) in [6, 6.07) is 0. The third-order valence-electron chi connectivity index (χ3n) is 11.1. The first kappa shape index (κ1) is 57.0. The van der Waals surface area contributed by atoms with Gasteiger partial charge in [-0.2, -0.15) is 0 Å². The fraction of sp³-hybridized carbons (Fsp3) is 0.958. The van der Waals surface area contributed by atoms with Gasteiger partial charge in [0, 0.05) is 12.8 Å². The van der Waals surface area contributed by atoms with Crippen molar-refractivity contribution in [3.8, 4) is 0 Å². The zero-order valence-electron chi connectivity index (χ0n) is 39.1. The van der Waals surface area contributed by atoms with Crippen LogP contribution in [-0.2, 0) is 32.7 Å². The van der Waals surface area contributed by atoms with Crippen molar-refractivity contribution in [1.82, 2.24) is 0 Å². The summed E-state index contributed by atoms with van der Waals surface area (Å²) in [7, 11) is 1.49. The molecule has 0 spiro atoms. The second-order valence-corrected chi connectivity index (χ2v) is 19.7. The van der Waals surface area contributed by atoms with E-state index in [0.717, 1.165) is 38.5 Å². The highest BCUT2D eigenvalue weighted by atomic mass is 31.2. The second-order valence-electron chi connectivity index (χ2n) is 18.2. The van der Waals surface area contributed by atoms with Crippen LogP contribution < -0.4 is 0 Å². The quantitative estimate of drug-likeness (QED) is 0.0279. The first-order valence-electron chi connectivity index (χ1n) is 24.8. The van der Waals surface area contributed by atoms with Crippen LogP contribution in [0.1, 0.15) is 245 Å². The topological polar surface area (TPSA) is 108 Å². The van der Waals surface area contributed by atoms with Crippen LogP contribution in [0.3, 0.4) is 0 Å². The minimum atomic E-state index is -4.36. The Morgan fingerprint density at radius 2 is 0.776 bits per heavy atom. The van der Waals surface area contributed by atoms with E-state index < -0.39 is 26.5 Å². The third kappa shape index (κ3) is 44.6. The minimum Gasteiger partial charge on any atom is -0.462 e. The van der Waals surface area contributed by atoms with Gasteiger partial charge in [-0.05, 0) is 12.8 Å². The molecule has 0 bridgehead atoms. The molecule has 58 heavy (non-hydrogen) atoms. The maximum atomic E-state index is 12.7. The third-order valence-corrected chi connectivity index (χ3v) is 12.1. The molecule has 0 aromatic carbocycles. The lowest BCUT2D eigenvalue weighted by Crippen LogP contribution is -2.37. The van der Waals surface area contributed by atoms with E-state index in [1.54, 1.807) is 0 Å². The molecule has 0 aromatic heterocycles. The number of phosphoric acid groups is 1. The highest BCUT2D eigenvalue weighted by molar-refractivity contribution is 7.47. The highest BCUT2D eigenvalue weighted by Crippen LogP contribution is 2.43. The van der Waals surface area contributed by atoms with Gasteiger partial charge in [0.05, 0.1) is 27.7 Å². The van der Waals surface area contributed by atoms with Crippen molar-refractivity contribution < 1.29 is 42.1 Å². The zero-order chi connectivity index (χ0) is 42.8. The molecule has 0 heterocycles. The fourth-order valence-electron chi connectivity index (χ4n) is 7.25. The number of rotatable bonds is 46. The summed E-state index contributed by atoms with van der Waals surface area (Å²) in [6.07, 6.45) is 43.2. The Bertz CT molecular complexity index is 958. The summed E-state index contributed by atoms with van der Waals surface area (Å²) in [5.74, 6) is -0.785. The number of nitrogens with zero attached hydrogens (tertiary/aromatic N) is 1. The van der Waals surface area contributed by atoms with Crippen molar-refractivity contribution in [2.45, 2.75) is 251 Å². The van der Waals surface area contributed by atoms with Crippen molar-refractivity contribution in [2.75, 3.05) is 47.5 Å². The van der Waals surface area contributed by atoms with Crippen LogP contribution in [0.2, 0.25) is 0 Å². The molecule has 0 aliphatic carbocycles. The Labute approximate surface area is 359 Å². The van der Waals surface area contributed by atoms with E-state index in [1.165, 1.54) is 180 Å². The smallest absolute Gasteiger partial charge is 0.462 e. The Balaban J connectivity index is 4.06. The molecule has 0 aliphatic heterocycles. The number of ether oxygens (including phenoxy) is 2. The Hall–Kier alpha value is -0.990. The van der Waals surface area contributed by atoms with E-state index in [9.17, 15) is 19.0 Å². The molecule has 346 valence electrons. The van der Waals surface area contributed by atoms with Crippen LogP contribution in [0, 0.1) is 0 Å². The van der Waals surface area contributed by atoms with Gasteiger partial charge < -0.3 is 18.9 Å². The Morgan fingerprint density at radius 3 is 1.10 bits per heavy atom. The van der Waals surface area contributed by atoms with Gasteiger partial charge in [-0.15, -0.1) is 0 Å². The molecule has 0 amide bonds. The standard InChI is InChI=1S/C48H96NO8P/c1-6-8-10-12-14-16-17-18-19-20-21-22-23-24-25-26-27-28-29-30-31-33-35-37-39-41-48(51)57-46(45-56-58(52,53)55-43-42-49(3,4)5)44-54-47(50)40-38-36-34-32-15-13-11-9-7-2/h46H,6-45H2,1-5H3/p+1. The lowest BCUT2D eigenvalue weighted by Gasteiger charge is -2.24. The molecular weight excluding hydrogens is 750 g/mol. The number of quaternary nitrogens is 1. The lowest BCUT2D eigenvalue weighted by molar-refractivity contribution is -0.870. The van der Waals surface area contributed by atoms with Crippen LogP contribution in [0.15, 0.2) is 0 Å². The molecule has 0 aliphatic rings. The molecule has 1 N–H and O–H groups in total. The molecule has 0 saturated carbocycles. The van der Waals surface area contributed by atoms with Gasteiger partial charge in [0.1, 0.15) is 19.8 Å². The SMILES string of the molecule is CCCCCCCCCCCCCCCCCCCCCCCCCCCC(=O)OC(COC(=O)CCCCCCCCCCC)COP(=O)(O)OCC[N+](C)(C)C. The number of esters is 2. The maximum absolute atomic E-state index is 12.7. The van der Waals surface area contributed by atoms with E-state index >= 15 is 0 Å². The zero-order valence-corrected chi connectivity index (χ0v) is 40.0. The predicted octanol–water partition coefficient (Wildman–Crippen LogP) is 14.4. The van der Waals surface area contributed by atoms with Crippen molar-refractivity contribution >= 4 is 19.8 Å². The van der Waals surface area contributed by atoms with Crippen LogP contribution in [0.25, 0.3) is 0 Å². The number of carbonyl (C=O) groups is 2. The molecule has 2 unspecified atom stereocenters. The van der Waals surface area contributed by atoms with Gasteiger partial charge in [-0.1, -0.05) is 219 Å².